The minimum atomic E-state index is -4.61. The fraction of sp³-hybridized carbons (Fsp3) is 0.238. The molecule has 2 aromatic carbocycles. The molecule has 2 N–H and O–H groups in total. The van der Waals surface area contributed by atoms with Crippen molar-refractivity contribution in [2.75, 3.05) is 5.32 Å². The van der Waals surface area contributed by atoms with E-state index in [4.69, 9.17) is 23.2 Å². The van der Waals surface area contributed by atoms with Gasteiger partial charge in [0.2, 0.25) is 0 Å². The third-order valence-electron chi connectivity index (χ3n) is 5.15. The third-order valence-corrected chi connectivity index (χ3v) is 5.76. The van der Waals surface area contributed by atoms with Gasteiger partial charge >= 0.3 is 6.18 Å². The molecule has 1 aliphatic heterocycles. The zero-order valence-electron chi connectivity index (χ0n) is 16.3. The molecular formula is C21H16Cl2F4N4O. The molecule has 1 aromatic heterocycles. The first-order valence-electron chi connectivity index (χ1n) is 9.53. The van der Waals surface area contributed by atoms with Gasteiger partial charge in [0.15, 0.2) is 11.7 Å². The van der Waals surface area contributed by atoms with E-state index >= 15 is 0 Å². The summed E-state index contributed by atoms with van der Waals surface area (Å²) in [6.45, 7) is 0.0289. The lowest BCUT2D eigenvalue weighted by Gasteiger charge is -2.33. The van der Waals surface area contributed by atoms with E-state index in [9.17, 15) is 22.4 Å². The number of fused-ring (bicyclic) bond motifs is 1. The van der Waals surface area contributed by atoms with Crippen LogP contribution >= 0.6 is 23.2 Å². The van der Waals surface area contributed by atoms with Crippen molar-refractivity contribution in [3.63, 3.8) is 0 Å². The van der Waals surface area contributed by atoms with Crippen molar-refractivity contribution in [3.8, 4) is 0 Å². The quantitative estimate of drug-likeness (QED) is 0.450. The van der Waals surface area contributed by atoms with Gasteiger partial charge in [0, 0.05) is 18.0 Å². The van der Waals surface area contributed by atoms with Crippen LogP contribution in [0.1, 0.15) is 40.1 Å². The Morgan fingerprint density at radius 2 is 1.78 bits per heavy atom. The number of aromatic nitrogens is 2. The number of amides is 1. The molecule has 11 heteroatoms. The maximum atomic E-state index is 13.8. The second-order valence-corrected chi connectivity index (χ2v) is 8.12. The monoisotopic (exact) mass is 486 g/mol. The molecule has 0 unspecified atom stereocenters. The first kappa shape index (κ1) is 22.4. The zero-order valence-corrected chi connectivity index (χ0v) is 17.8. The van der Waals surface area contributed by atoms with E-state index < -0.39 is 30.0 Å². The molecule has 0 aliphatic carbocycles. The van der Waals surface area contributed by atoms with Gasteiger partial charge in [0.25, 0.3) is 5.91 Å². The van der Waals surface area contributed by atoms with Crippen molar-refractivity contribution in [2.45, 2.75) is 31.2 Å². The summed E-state index contributed by atoms with van der Waals surface area (Å²) in [6, 6.07) is 9.17. The van der Waals surface area contributed by atoms with Crippen LogP contribution in [0.25, 0.3) is 0 Å². The van der Waals surface area contributed by atoms with Gasteiger partial charge in [-0.05, 0) is 35.4 Å². The number of carbonyl (C=O) groups excluding carboxylic acids is 1. The highest BCUT2D eigenvalue weighted by atomic mass is 35.5. The Balaban J connectivity index is 1.62. The van der Waals surface area contributed by atoms with E-state index in [-0.39, 0.29) is 29.5 Å². The predicted molar refractivity (Wildman–Crippen MR) is 112 cm³/mol. The predicted octanol–water partition coefficient (Wildman–Crippen LogP) is 5.92. The van der Waals surface area contributed by atoms with Crippen molar-refractivity contribution in [2.24, 2.45) is 0 Å². The summed E-state index contributed by atoms with van der Waals surface area (Å²) in [7, 11) is 0. The molecule has 4 rings (SSSR count). The average Bonchev–Trinajstić information content (AvgIpc) is 3.09. The second-order valence-electron chi connectivity index (χ2n) is 7.31. The molecule has 1 aliphatic rings. The lowest BCUT2D eigenvalue weighted by molar-refractivity contribution is -0.173. The van der Waals surface area contributed by atoms with Gasteiger partial charge in [-0.1, -0.05) is 47.5 Å². The normalized spacial score (nSPS) is 18.1. The molecule has 0 fully saturated rings. The van der Waals surface area contributed by atoms with Crippen LogP contribution in [0.3, 0.4) is 0 Å². The molecule has 168 valence electrons. The van der Waals surface area contributed by atoms with Gasteiger partial charge < -0.3 is 10.6 Å². The summed E-state index contributed by atoms with van der Waals surface area (Å²) in [5.74, 6) is -1.26. The second kappa shape index (κ2) is 8.63. The van der Waals surface area contributed by atoms with Gasteiger partial charge in [-0.15, -0.1) is 0 Å². The molecule has 2 atom stereocenters. The maximum absolute atomic E-state index is 13.8. The smallest absolute Gasteiger partial charge is 0.362 e. The number of anilines is 1. The Hall–Kier alpha value is -2.78. The standard InChI is InChI=1S/C21H16Cl2F4N4O/c22-13-5-3-12(4-6-13)15-9-16(21(25,26)27)31-19(29-15)17(23)18(30-31)20(32)28-10-11-1-7-14(24)8-2-11/h1-8,15-16,29H,9-10H2,(H,28,32)/t15-,16+/m0/s1. The third kappa shape index (κ3) is 4.54. The lowest BCUT2D eigenvalue weighted by Crippen LogP contribution is -2.35. The van der Waals surface area contributed by atoms with E-state index in [0.717, 1.165) is 0 Å². The van der Waals surface area contributed by atoms with Gasteiger partial charge in [-0.2, -0.15) is 18.3 Å². The van der Waals surface area contributed by atoms with Crippen LogP contribution in [-0.4, -0.2) is 21.9 Å². The van der Waals surface area contributed by atoms with Crippen molar-refractivity contribution in [1.29, 1.82) is 0 Å². The van der Waals surface area contributed by atoms with E-state index in [1.165, 1.54) is 24.3 Å². The van der Waals surface area contributed by atoms with Gasteiger partial charge in [-0.3, -0.25) is 4.79 Å². The molecule has 0 radical (unpaired) electrons. The van der Waals surface area contributed by atoms with E-state index in [1.54, 1.807) is 24.3 Å². The number of nitrogens with zero attached hydrogens (tertiary/aromatic N) is 2. The fourth-order valence-electron chi connectivity index (χ4n) is 3.52. The molecule has 2 heterocycles. The first-order chi connectivity index (χ1) is 15.1. The van der Waals surface area contributed by atoms with Crippen LogP contribution < -0.4 is 10.6 Å². The Morgan fingerprint density at radius 3 is 2.41 bits per heavy atom. The topological polar surface area (TPSA) is 59.0 Å². The number of alkyl halides is 3. The van der Waals surface area contributed by atoms with Crippen molar-refractivity contribution >= 4 is 34.9 Å². The van der Waals surface area contributed by atoms with Crippen LogP contribution in [0.2, 0.25) is 10.0 Å². The highest BCUT2D eigenvalue weighted by molar-refractivity contribution is 6.36. The number of benzene rings is 2. The largest absolute Gasteiger partial charge is 0.410 e. The van der Waals surface area contributed by atoms with Crippen molar-refractivity contribution in [1.82, 2.24) is 15.1 Å². The minimum absolute atomic E-state index is 0.0289. The highest BCUT2D eigenvalue weighted by Gasteiger charge is 2.47. The summed E-state index contributed by atoms with van der Waals surface area (Å²) in [5.41, 5.74) is 0.866. The summed E-state index contributed by atoms with van der Waals surface area (Å²) in [6.07, 6.45) is -4.95. The zero-order chi connectivity index (χ0) is 23.0. The van der Waals surface area contributed by atoms with E-state index in [0.29, 0.717) is 20.8 Å². The fourth-order valence-corrected chi connectivity index (χ4v) is 3.91. The van der Waals surface area contributed by atoms with Crippen molar-refractivity contribution < 1.29 is 22.4 Å². The molecule has 1 amide bonds. The van der Waals surface area contributed by atoms with Gasteiger partial charge in [0.05, 0.1) is 6.04 Å². The van der Waals surface area contributed by atoms with E-state index in [1.807, 2.05) is 0 Å². The van der Waals surface area contributed by atoms with Gasteiger partial charge in [-0.25, -0.2) is 9.07 Å². The molecule has 0 bridgehead atoms. The minimum Gasteiger partial charge on any atom is -0.362 e. The Morgan fingerprint density at radius 1 is 1.12 bits per heavy atom. The van der Waals surface area contributed by atoms with E-state index in [2.05, 4.69) is 15.7 Å². The van der Waals surface area contributed by atoms with Crippen LogP contribution in [0, 0.1) is 5.82 Å². The Kier molecular flexibility index (Phi) is 6.05. The van der Waals surface area contributed by atoms with Crippen LogP contribution in [-0.2, 0) is 6.54 Å². The molecular weight excluding hydrogens is 471 g/mol. The van der Waals surface area contributed by atoms with Gasteiger partial charge in [0.1, 0.15) is 16.7 Å². The van der Waals surface area contributed by atoms with Crippen LogP contribution in [0.5, 0.6) is 0 Å². The molecule has 0 spiro atoms. The number of hydrogen-bond acceptors (Lipinski definition) is 3. The van der Waals surface area contributed by atoms with Crippen LogP contribution in [0.4, 0.5) is 23.4 Å². The molecule has 0 saturated carbocycles. The SMILES string of the molecule is O=C(NCc1ccc(F)cc1)c1nn2c(c1Cl)N[C@H](c1ccc(Cl)cc1)C[C@@H]2C(F)(F)F. The summed E-state index contributed by atoms with van der Waals surface area (Å²) in [4.78, 5) is 12.6. The lowest BCUT2D eigenvalue weighted by atomic mass is 9.97. The number of hydrogen-bond donors (Lipinski definition) is 2. The number of nitrogens with one attached hydrogen (secondary N) is 2. The molecule has 32 heavy (non-hydrogen) atoms. The summed E-state index contributed by atoms with van der Waals surface area (Å²) in [5, 5.41) is 9.63. The first-order valence-corrected chi connectivity index (χ1v) is 10.3. The molecule has 0 saturated heterocycles. The number of rotatable bonds is 4. The number of carbonyl (C=O) groups is 1. The Bertz CT molecular complexity index is 1130. The number of halogens is 6. The maximum Gasteiger partial charge on any atom is 0.410 e. The molecule has 3 aromatic rings. The van der Waals surface area contributed by atoms with Crippen LogP contribution in [0.15, 0.2) is 48.5 Å². The molecule has 5 nitrogen and oxygen atoms in total. The Labute approximate surface area is 190 Å². The summed E-state index contributed by atoms with van der Waals surface area (Å²) >= 11 is 12.2. The highest BCUT2D eigenvalue weighted by Crippen LogP contribution is 2.46. The average molecular weight is 487 g/mol. The van der Waals surface area contributed by atoms with Crippen molar-refractivity contribution in [3.05, 3.63) is 81.2 Å². The summed E-state index contributed by atoms with van der Waals surface area (Å²) < 4.78 is 55.2.